The van der Waals surface area contributed by atoms with Gasteiger partial charge in [0, 0.05) is 38.6 Å². The Labute approximate surface area is 360 Å². The number of hydrogen-bond acceptors (Lipinski definition) is 1. The highest BCUT2D eigenvalue weighted by Crippen LogP contribution is 2.43. The lowest BCUT2D eigenvalue weighted by atomic mass is 9.91. The third-order valence-electron chi connectivity index (χ3n) is 12.5. The van der Waals surface area contributed by atoms with Crippen LogP contribution in [-0.2, 0) is 0 Å². The molecule has 0 aliphatic rings. The minimum atomic E-state index is 1.10. The van der Waals surface area contributed by atoms with Gasteiger partial charge in [0.25, 0.3) is 0 Å². The molecule has 0 fully saturated rings. The van der Waals surface area contributed by atoms with Crippen LogP contribution in [0.4, 0.5) is 17.1 Å². The smallest absolute Gasteiger partial charge is 0.0619 e. The largest absolute Gasteiger partial charge is 0.310 e. The minimum absolute atomic E-state index is 1.10. The highest BCUT2D eigenvalue weighted by molar-refractivity contribution is 6.19. The minimum Gasteiger partial charge on any atom is -0.310 e. The first-order valence-corrected chi connectivity index (χ1v) is 21.3. The van der Waals surface area contributed by atoms with Gasteiger partial charge in [-0.2, -0.15) is 0 Å². The topological polar surface area (TPSA) is 8.17 Å². The van der Waals surface area contributed by atoms with Gasteiger partial charge in [0.1, 0.15) is 0 Å². The Balaban J connectivity index is 0.978. The average Bonchev–Trinajstić information content (AvgIpc) is 3.69. The molecule has 0 radical (unpaired) electrons. The molecule has 0 aliphatic heterocycles. The molecule has 0 aliphatic carbocycles. The van der Waals surface area contributed by atoms with Gasteiger partial charge >= 0.3 is 0 Å². The quantitative estimate of drug-likeness (QED) is 0.156. The van der Waals surface area contributed by atoms with E-state index < -0.39 is 0 Å². The Morgan fingerprint density at radius 2 is 0.790 bits per heavy atom. The molecule has 0 unspecified atom stereocenters. The number of rotatable bonds is 7. The molecule has 0 atom stereocenters. The van der Waals surface area contributed by atoms with Crippen molar-refractivity contribution in [3.8, 4) is 39.1 Å². The van der Waals surface area contributed by atoms with Crippen molar-refractivity contribution < 1.29 is 0 Å². The number of aromatic nitrogens is 1. The van der Waals surface area contributed by atoms with E-state index >= 15 is 0 Å². The maximum absolute atomic E-state index is 2.44. The van der Waals surface area contributed by atoms with Gasteiger partial charge in [-0.25, -0.2) is 0 Å². The second kappa shape index (κ2) is 14.8. The van der Waals surface area contributed by atoms with Crippen molar-refractivity contribution in [2.75, 3.05) is 4.90 Å². The normalized spacial score (nSPS) is 11.5. The summed E-state index contributed by atoms with van der Waals surface area (Å²) in [6.45, 7) is 0. The molecule has 1 aromatic heterocycles. The molecule has 12 rings (SSSR count). The van der Waals surface area contributed by atoms with Crippen molar-refractivity contribution in [1.82, 2.24) is 4.57 Å². The van der Waals surface area contributed by atoms with Crippen LogP contribution < -0.4 is 4.90 Å². The fraction of sp³-hybridized carbons (Fsp3) is 0. The third-order valence-corrected chi connectivity index (χ3v) is 12.5. The van der Waals surface area contributed by atoms with Crippen LogP contribution in [0.25, 0.3) is 93.2 Å². The van der Waals surface area contributed by atoms with E-state index in [1.54, 1.807) is 0 Å². The van der Waals surface area contributed by atoms with Crippen LogP contribution in [0.1, 0.15) is 0 Å². The van der Waals surface area contributed by atoms with E-state index in [0.29, 0.717) is 0 Å². The Kier molecular flexibility index (Phi) is 8.53. The van der Waals surface area contributed by atoms with E-state index in [1.807, 2.05) is 0 Å². The summed E-state index contributed by atoms with van der Waals surface area (Å²) in [5.74, 6) is 0. The van der Waals surface area contributed by atoms with E-state index in [2.05, 4.69) is 252 Å². The standard InChI is InChI=1S/C60H40N2/c1-3-14-43(15-4-1)56-38-46-18-7-8-19-47(46)39-57(56)45-28-34-51(35-29-45)61(58-25-13-20-42-16-9-11-23-52(42)58)50-32-26-41(27-33-50)48-31-36-54-55-37-30-44-17-10-12-24-53(44)60(55)62(59(54)40-48)49-21-5-2-6-22-49/h1-40H. The van der Waals surface area contributed by atoms with Crippen molar-refractivity contribution in [2.45, 2.75) is 0 Å². The molecular formula is C60H40N2. The molecule has 2 heteroatoms. The Bertz CT molecular complexity index is 3600. The van der Waals surface area contributed by atoms with Crippen LogP contribution in [0, 0.1) is 0 Å². The molecule has 0 amide bonds. The van der Waals surface area contributed by atoms with Gasteiger partial charge < -0.3 is 9.47 Å². The molecule has 0 spiro atoms. The van der Waals surface area contributed by atoms with Crippen molar-refractivity contribution >= 4 is 71.2 Å². The number of para-hydroxylation sites is 1. The van der Waals surface area contributed by atoms with Crippen molar-refractivity contribution in [3.63, 3.8) is 0 Å². The Morgan fingerprint density at radius 3 is 1.47 bits per heavy atom. The fourth-order valence-electron chi connectivity index (χ4n) is 9.56. The molecule has 0 saturated heterocycles. The van der Waals surface area contributed by atoms with Gasteiger partial charge in [0.05, 0.1) is 16.7 Å². The third kappa shape index (κ3) is 6.04. The Morgan fingerprint density at radius 1 is 0.290 bits per heavy atom. The van der Waals surface area contributed by atoms with Gasteiger partial charge in [-0.1, -0.05) is 182 Å². The number of hydrogen-bond donors (Lipinski definition) is 0. The molecule has 11 aromatic carbocycles. The van der Waals surface area contributed by atoms with E-state index in [1.165, 1.54) is 87.5 Å². The highest BCUT2D eigenvalue weighted by atomic mass is 15.1. The summed E-state index contributed by atoms with van der Waals surface area (Å²) in [7, 11) is 0. The predicted molar refractivity (Wildman–Crippen MR) is 264 cm³/mol. The molecule has 62 heavy (non-hydrogen) atoms. The number of benzene rings is 11. The summed E-state index contributed by atoms with van der Waals surface area (Å²) in [5, 5.41) is 9.90. The molecule has 0 saturated carbocycles. The maximum Gasteiger partial charge on any atom is 0.0619 e. The van der Waals surface area contributed by atoms with Crippen LogP contribution >= 0.6 is 0 Å². The van der Waals surface area contributed by atoms with Crippen LogP contribution in [-0.4, -0.2) is 4.57 Å². The summed E-state index contributed by atoms with van der Waals surface area (Å²) in [4.78, 5) is 2.40. The van der Waals surface area contributed by atoms with E-state index in [4.69, 9.17) is 0 Å². The van der Waals surface area contributed by atoms with Crippen LogP contribution in [0.15, 0.2) is 243 Å². The first-order chi connectivity index (χ1) is 30.7. The van der Waals surface area contributed by atoms with Crippen LogP contribution in [0.2, 0.25) is 0 Å². The zero-order chi connectivity index (χ0) is 41.0. The summed E-state index contributed by atoms with van der Waals surface area (Å²) >= 11 is 0. The van der Waals surface area contributed by atoms with Gasteiger partial charge in [-0.05, 0) is 116 Å². The second-order valence-corrected chi connectivity index (χ2v) is 16.1. The van der Waals surface area contributed by atoms with E-state index in [-0.39, 0.29) is 0 Å². The lowest BCUT2D eigenvalue weighted by molar-refractivity contribution is 1.19. The molecule has 290 valence electrons. The molecule has 1 heterocycles. The molecule has 0 N–H and O–H groups in total. The van der Waals surface area contributed by atoms with Crippen LogP contribution in [0.5, 0.6) is 0 Å². The van der Waals surface area contributed by atoms with Crippen molar-refractivity contribution in [1.29, 1.82) is 0 Å². The summed E-state index contributed by atoms with van der Waals surface area (Å²) in [5.41, 5.74) is 14.1. The highest BCUT2D eigenvalue weighted by Gasteiger charge is 2.19. The Hall–Kier alpha value is -8.20. The molecular weight excluding hydrogens is 749 g/mol. The molecule has 0 bridgehead atoms. The zero-order valence-electron chi connectivity index (χ0n) is 34.0. The summed E-state index contributed by atoms with van der Waals surface area (Å²) in [6, 6.07) is 88.5. The zero-order valence-corrected chi connectivity index (χ0v) is 34.0. The van der Waals surface area contributed by atoms with Crippen molar-refractivity contribution in [2.24, 2.45) is 0 Å². The lowest BCUT2D eigenvalue weighted by Gasteiger charge is -2.27. The first kappa shape index (κ1) is 35.7. The van der Waals surface area contributed by atoms with Gasteiger partial charge in [0.2, 0.25) is 0 Å². The van der Waals surface area contributed by atoms with E-state index in [0.717, 1.165) is 22.7 Å². The predicted octanol–water partition coefficient (Wildman–Crippen LogP) is 16.7. The molecule has 2 nitrogen and oxygen atoms in total. The fourth-order valence-corrected chi connectivity index (χ4v) is 9.56. The van der Waals surface area contributed by atoms with E-state index in [9.17, 15) is 0 Å². The van der Waals surface area contributed by atoms with Gasteiger partial charge in [-0.3, -0.25) is 0 Å². The van der Waals surface area contributed by atoms with Gasteiger partial charge in [-0.15, -0.1) is 0 Å². The van der Waals surface area contributed by atoms with Crippen molar-refractivity contribution in [3.05, 3.63) is 243 Å². The number of anilines is 3. The monoisotopic (exact) mass is 788 g/mol. The maximum atomic E-state index is 2.44. The second-order valence-electron chi connectivity index (χ2n) is 16.1. The summed E-state index contributed by atoms with van der Waals surface area (Å²) in [6.07, 6.45) is 0. The van der Waals surface area contributed by atoms with Crippen LogP contribution in [0.3, 0.4) is 0 Å². The first-order valence-electron chi connectivity index (χ1n) is 21.3. The summed E-state index contributed by atoms with van der Waals surface area (Å²) < 4.78 is 2.44. The lowest BCUT2D eigenvalue weighted by Crippen LogP contribution is -2.10. The SMILES string of the molecule is c1ccc(-c2cc3ccccc3cc2-c2ccc(N(c3ccc(-c4ccc5c6ccc7ccccc7c6n(-c6ccccc6)c5c4)cc3)c3cccc4ccccc34)cc2)cc1. The molecule has 12 aromatic rings. The van der Waals surface area contributed by atoms with Gasteiger partial charge in [0.15, 0.2) is 0 Å². The average molecular weight is 789 g/mol. The number of nitrogens with zero attached hydrogens (tertiary/aromatic N) is 2. The number of fused-ring (bicyclic) bond motifs is 7.